The molecule has 0 aliphatic carbocycles. The Hall–Kier alpha value is -1.34. The maximum absolute atomic E-state index is 11.5. The minimum absolute atomic E-state index is 0.0836. The molecule has 0 aromatic heterocycles. The van der Waals surface area contributed by atoms with E-state index in [1.165, 1.54) is 0 Å². The van der Waals surface area contributed by atoms with E-state index in [2.05, 4.69) is 41.6 Å². The second-order valence-electron chi connectivity index (χ2n) is 7.16. The molecule has 0 radical (unpaired) electrons. The predicted molar refractivity (Wildman–Crippen MR) is 108 cm³/mol. The van der Waals surface area contributed by atoms with Crippen LogP contribution in [0.2, 0.25) is 0 Å². The third kappa shape index (κ3) is 8.85. The monoisotopic (exact) mass is 369 g/mol. The Labute approximate surface area is 159 Å². The fourth-order valence-electron chi connectivity index (χ4n) is 3.16. The Morgan fingerprint density at radius 2 is 1.96 bits per heavy atom. The molecule has 1 aliphatic rings. The van der Waals surface area contributed by atoms with Crippen molar-refractivity contribution >= 4 is 11.9 Å². The minimum atomic E-state index is 0.0836. The summed E-state index contributed by atoms with van der Waals surface area (Å²) >= 11 is 0. The topological polar surface area (TPSA) is 78.0 Å². The Morgan fingerprint density at radius 1 is 1.27 bits per heavy atom. The van der Waals surface area contributed by atoms with Crippen LogP contribution >= 0.6 is 0 Å². The number of piperidine rings is 1. The summed E-state index contributed by atoms with van der Waals surface area (Å²) < 4.78 is 5.80. The van der Waals surface area contributed by atoms with E-state index >= 15 is 0 Å². The van der Waals surface area contributed by atoms with Gasteiger partial charge in [0.25, 0.3) is 0 Å². The summed E-state index contributed by atoms with van der Waals surface area (Å²) in [6, 6.07) is 0.404. The van der Waals surface area contributed by atoms with Gasteiger partial charge in [-0.25, -0.2) is 0 Å². The van der Waals surface area contributed by atoms with Crippen molar-refractivity contribution < 1.29 is 9.53 Å². The van der Waals surface area contributed by atoms with Gasteiger partial charge in [0, 0.05) is 45.9 Å². The smallest absolute Gasteiger partial charge is 0.233 e. The number of carbonyl (C=O) groups excluding carboxylic acids is 1. The lowest BCUT2D eigenvalue weighted by molar-refractivity contribution is -0.122. The summed E-state index contributed by atoms with van der Waals surface area (Å²) in [5.41, 5.74) is 0. The molecule has 1 aliphatic heterocycles. The average molecular weight is 370 g/mol. The van der Waals surface area contributed by atoms with Crippen LogP contribution in [0.1, 0.15) is 47.0 Å². The van der Waals surface area contributed by atoms with Gasteiger partial charge in [0.15, 0.2) is 5.96 Å². The fraction of sp³-hybridized carbons (Fsp3) is 0.895. The number of hydrogen-bond acceptors (Lipinski definition) is 4. The van der Waals surface area contributed by atoms with Crippen LogP contribution in [0.25, 0.3) is 0 Å². The lowest BCUT2D eigenvalue weighted by atomic mass is 10.0. The van der Waals surface area contributed by atoms with E-state index in [-0.39, 0.29) is 12.0 Å². The zero-order valence-electron chi connectivity index (χ0n) is 17.3. The molecular weight excluding hydrogens is 330 g/mol. The van der Waals surface area contributed by atoms with Gasteiger partial charge >= 0.3 is 0 Å². The molecule has 1 rings (SSSR count). The molecule has 1 fully saturated rings. The van der Waals surface area contributed by atoms with Gasteiger partial charge in [-0.15, -0.1) is 0 Å². The van der Waals surface area contributed by atoms with Crippen molar-refractivity contribution in [1.82, 2.24) is 20.9 Å². The Kier molecular flexibility index (Phi) is 11.3. The molecule has 7 nitrogen and oxygen atoms in total. The first-order valence-corrected chi connectivity index (χ1v) is 10.1. The van der Waals surface area contributed by atoms with Crippen molar-refractivity contribution in [1.29, 1.82) is 0 Å². The van der Waals surface area contributed by atoms with Crippen LogP contribution < -0.4 is 16.0 Å². The average Bonchev–Trinajstić information content (AvgIpc) is 2.62. The second kappa shape index (κ2) is 12.9. The van der Waals surface area contributed by atoms with E-state index in [0.29, 0.717) is 18.5 Å². The standard InChI is InChI=1S/C19H39N5O2/c1-6-21-19(22-11-8-17(15(3)4)26-7-2)23-16-9-12-24(13-10-16)14-18(25)20-5/h15-17H,6-14H2,1-5H3,(H,20,25)(H2,21,22,23). The molecule has 1 atom stereocenters. The molecule has 1 unspecified atom stereocenters. The van der Waals surface area contributed by atoms with Crippen molar-refractivity contribution in [2.24, 2.45) is 10.9 Å². The van der Waals surface area contributed by atoms with Gasteiger partial charge in [-0.2, -0.15) is 0 Å². The molecule has 1 heterocycles. The molecular formula is C19H39N5O2. The highest BCUT2D eigenvalue weighted by Gasteiger charge is 2.21. The summed E-state index contributed by atoms with van der Waals surface area (Å²) in [5, 5.41) is 9.57. The SMILES string of the molecule is CCNC(=NCCC(OCC)C(C)C)NC1CCN(CC(=O)NC)CC1. The number of carbonyl (C=O) groups is 1. The number of guanidine groups is 1. The Bertz CT molecular complexity index is 420. The van der Waals surface area contributed by atoms with E-state index < -0.39 is 0 Å². The highest BCUT2D eigenvalue weighted by atomic mass is 16.5. The van der Waals surface area contributed by atoms with Gasteiger partial charge in [-0.3, -0.25) is 14.7 Å². The van der Waals surface area contributed by atoms with Crippen LogP contribution in [0.4, 0.5) is 0 Å². The number of nitrogens with one attached hydrogen (secondary N) is 3. The van der Waals surface area contributed by atoms with Crippen LogP contribution in [-0.4, -0.2) is 75.3 Å². The van der Waals surface area contributed by atoms with Crippen LogP contribution in [0, 0.1) is 5.92 Å². The molecule has 0 aromatic rings. The van der Waals surface area contributed by atoms with E-state index in [1.807, 2.05) is 6.92 Å². The molecule has 1 saturated heterocycles. The maximum Gasteiger partial charge on any atom is 0.233 e. The fourth-order valence-corrected chi connectivity index (χ4v) is 3.16. The number of amides is 1. The van der Waals surface area contributed by atoms with Crippen LogP contribution in [0.5, 0.6) is 0 Å². The number of aliphatic imine (C=N–C) groups is 1. The van der Waals surface area contributed by atoms with Crippen molar-refractivity contribution in [3.05, 3.63) is 0 Å². The van der Waals surface area contributed by atoms with Crippen molar-refractivity contribution in [3.63, 3.8) is 0 Å². The predicted octanol–water partition coefficient (Wildman–Crippen LogP) is 1.20. The van der Waals surface area contributed by atoms with Gasteiger partial charge < -0.3 is 20.7 Å². The zero-order valence-corrected chi connectivity index (χ0v) is 17.3. The summed E-state index contributed by atoms with van der Waals surface area (Å²) in [4.78, 5) is 18.4. The van der Waals surface area contributed by atoms with Crippen molar-refractivity contribution in [2.45, 2.75) is 59.1 Å². The lowest BCUT2D eigenvalue weighted by Crippen LogP contribution is -2.50. The quantitative estimate of drug-likeness (QED) is 0.398. The number of rotatable bonds is 10. The highest BCUT2D eigenvalue weighted by Crippen LogP contribution is 2.12. The summed E-state index contributed by atoms with van der Waals surface area (Å²) in [6.07, 6.45) is 3.25. The number of ether oxygens (including phenoxy) is 1. The van der Waals surface area contributed by atoms with Crippen LogP contribution in [-0.2, 0) is 9.53 Å². The first-order chi connectivity index (χ1) is 12.5. The summed E-state index contributed by atoms with van der Waals surface area (Å²) in [5.74, 6) is 1.47. The zero-order chi connectivity index (χ0) is 19.4. The molecule has 3 N–H and O–H groups in total. The van der Waals surface area contributed by atoms with Crippen molar-refractivity contribution in [2.75, 3.05) is 46.4 Å². The molecule has 7 heteroatoms. The third-order valence-corrected chi connectivity index (χ3v) is 4.73. The minimum Gasteiger partial charge on any atom is -0.378 e. The number of likely N-dealkylation sites (N-methyl/N-ethyl adjacent to an activating group) is 1. The van der Waals surface area contributed by atoms with Gasteiger partial charge in [-0.05, 0) is 39.0 Å². The highest BCUT2D eigenvalue weighted by molar-refractivity contribution is 5.80. The van der Waals surface area contributed by atoms with Crippen molar-refractivity contribution in [3.8, 4) is 0 Å². The number of nitrogens with zero attached hydrogens (tertiary/aromatic N) is 2. The first-order valence-electron chi connectivity index (χ1n) is 10.1. The first kappa shape index (κ1) is 22.7. The van der Waals surface area contributed by atoms with Crippen LogP contribution in [0.15, 0.2) is 4.99 Å². The van der Waals surface area contributed by atoms with E-state index in [4.69, 9.17) is 9.73 Å². The normalized spacial score (nSPS) is 18.0. The summed E-state index contributed by atoms with van der Waals surface area (Å²) in [7, 11) is 1.69. The molecule has 0 aromatic carbocycles. The van der Waals surface area contributed by atoms with E-state index in [9.17, 15) is 4.79 Å². The second-order valence-corrected chi connectivity index (χ2v) is 7.16. The molecule has 0 spiro atoms. The molecule has 26 heavy (non-hydrogen) atoms. The summed E-state index contributed by atoms with van der Waals surface area (Å²) in [6.45, 7) is 13.2. The molecule has 0 saturated carbocycles. The Morgan fingerprint density at radius 3 is 2.50 bits per heavy atom. The van der Waals surface area contributed by atoms with Gasteiger partial charge in [0.1, 0.15) is 0 Å². The third-order valence-electron chi connectivity index (χ3n) is 4.73. The molecule has 152 valence electrons. The van der Waals surface area contributed by atoms with Gasteiger partial charge in [0.05, 0.1) is 12.6 Å². The Balaban J connectivity index is 2.43. The molecule has 0 bridgehead atoms. The largest absolute Gasteiger partial charge is 0.378 e. The number of hydrogen-bond donors (Lipinski definition) is 3. The van der Waals surface area contributed by atoms with E-state index in [0.717, 1.165) is 58.0 Å². The van der Waals surface area contributed by atoms with Gasteiger partial charge in [-0.1, -0.05) is 13.8 Å². The maximum atomic E-state index is 11.5. The van der Waals surface area contributed by atoms with E-state index in [1.54, 1.807) is 7.05 Å². The molecule has 1 amide bonds. The lowest BCUT2D eigenvalue weighted by Gasteiger charge is -2.32. The van der Waals surface area contributed by atoms with Gasteiger partial charge in [0.2, 0.25) is 5.91 Å². The van der Waals surface area contributed by atoms with Crippen LogP contribution in [0.3, 0.4) is 0 Å². The number of likely N-dealkylation sites (tertiary alicyclic amines) is 1.